The summed E-state index contributed by atoms with van der Waals surface area (Å²) in [7, 11) is 0. The highest BCUT2D eigenvalue weighted by atomic mass is 32.1. The van der Waals surface area contributed by atoms with Crippen molar-refractivity contribution in [2.45, 2.75) is 37.5 Å². The second-order valence-electron chi connectivity index (χ2n) is 8.61. The Balaban J connectivity index is 1.15. The predicted molar refractivity (Wildman–Crippen MR) is 148 cm³/mol. The molecule has 4 aromatic heterocycles. The number of nitrogens with zero attached hydrogens (tertiary/aromatic N) is 6. The molecule has 0 aliphatic heterocycles. The molecule has 1 fully saturated rings. The van der Waals surface area contributed by atoms with Crippen molar-refractivity contribution < 1.29 is 9.59 Å². The number of amides is 2. The first-order valence-electron chi connectivity index (χ1n) is 12.1. The van der Waals surface area contributed by atoms with Crippen LogP contribution in [0.25, 0.3) is 12.2 Å². The van der Waals surface area contributed by atoms with Crippen LogP contribution in [0.3, 0.4) is 0 Å². The van der Waals surface area contributed by atoms with Crippen LogP contribution in [0, 0.1) is 0 Å². The van der Waals surface area contributed by atoms with E-state index >= 15 is 0 Å². The van der Waals surface area contributed by atoms with Gasteiger partial charge in [-0.3, -0.25) is 30.2 Å². The van der Waals surface area contributed by atoms with Crippen LogP contribution >= 0.6 is 22.7 Å². The van der Waals surface area contributed by atoms with Gasteiger partial charge in [0.25, 0.3) is 0 Å². The zero-order chi connectivity index (χ0) is 26.2. The molecule has 1 saturated carbocycles. The molecule has 0 spiro atoms. The van der Waals surface area contributed by atoms with Crippen LogP contribution in [-0.4, -0.2) is 42.2 Å². The van der Waals surface area contributed by atoms with Gasteiger partial charge in [-0.1, -0.05) is 41.2 Å². The molecule has 0 saturated heterocycles. The summed E-state index contributed by atoms with van der Waals surface area (Å²) >= 11 is 2.80. The molecule has 38 heavy (non-hydrogen) atoms. The minimum Gasteiger partial charge on any atom is -0.297 e. The molecule has 4 aromatic rings. The highest BCUT2D eigenvalue weighted by molar-refractivity contribution is 7.15. The summed E-state index contributed by atoms with van der Waals surface area (Å²) < 4.78 is 0. The van der Waals surface area contributed by atoms with Gasteiger partial charge in [0.1, 0.15) is 10.0 Å². The molecule has 10 nitrogen and oxygen atoms in total. The number of rotatable bonds is 8. The van der Waals surface area contributed by atoms with Crippen molar-refractivity contribution in [2.75, 3.05) is 10.6 Å². The van der Waals surface area contributed by atoms with E-state index in [4.69, 9.17) is 0 Å². The van der Waals surface area contributed by atoms with E-state index in [9.17, 15) is 9.59 Å². The Kier molecular flexibility index (Phi) is 8.31. The quantitative estimate of drug-likeness (QED) is 0.298. The molecule has 1 aliphatic rings. The lowest BCUT2D eigenvalue weighted by atomic mass is 9.82. The average Bonchev–Trinajstić information content (AvgIpc) is 3.62. The van der Waals surface area contributed by atoms with Gasteiger partial charge in [0.05, 0.1) is 11.4 Å². The van der Waals surface area contributed by atoms with Crippen LogP contribution in [0.15, 0.2) is 60.9 Å². The van der Waals surface area contributed by atoms with E-state index in [0.29, 0.717) is 21.7 Å². The average molecular weight is 545 g/mol. The van der Waals surface area contributed by atoms with E-state index in [2.05, 4.69) is 41.0 Å². The van der Waals surface area contributed by atoms with E-state index < -0.39 is 0 Å². The molecule has 0 aromatic carbocycles. The fourth-order valence-electron chi connectivity index (χ4n) is 4.10. The number of nitrogens with one attached hydrogen (secondary N) is 2. The zero-order valence-corrected chi connectivity index (χ0v) is 21.9. The maximum Gasteiger partial charge on any atom is 0.250 e. The third kappa shape index (κ3) is 6.99. The minimum atomic E-state index is -0.279. The smallest absolute Gasteiger partial charge is 0.250 e. The van der Waals surface area contributed by atoms with E-state index in [1.807, 2.05) is 36.4 Å². The van der Waals surface area contributed by atoms with Crippen molar-refractivity contribution in [2.24, 2.45) is 0 Å². The Morgan fingerprint density at radius 1 is 0.737 bits per heavy atom. The lowest BCUT2D eigenvalue weighted by Crippen LogP contribution is -2.12. The van der Waals surface area contributed by atoms with Crippen molar-refractivity contribution in [3.05, 3.63) is 82.3 Å². The number of hydrogen-bond acceptors (Lipinski definition) is 10. The summed E-state index contributed by atoms with van der Waals surface area (Å²) in [5.41, 5.74) is 1.41. The third-order valence-corrected chi connectivity index (χ3v) is 7.90. The van der Waals surface area contributed by atoms with Crippen LogP contribution in [0.2, 0.25) is 0 Å². The van der Waals surface area contributed by atoms with Crippen molar-refractivity contribution in [3.8, 4) is 0 Å². The largest absolute Gasteiger partial charge is 0.297 e. The fourth-order valence-corrected chi connectivity index (χ4v) is 5.89. The topological polar surface area (TPSA) is 136 Å². The molecule has 2 N–H and O–H groups in total. The van der Waals surface area contributed by atoms with Crippen molar-refractivity contribution >= 4 is 56.9 Å². The van der Waals surface area contributed by atoms with Gasteiger partial charge in [-0.25, -0.2) is 0 Å². The fraction of sp³-hybridized carbons (Fsp3) is 0.231. The van der Waals surface area contributed by atoms with Crippen molar-refractivity contribution in [1.82, 2.24) is 30.4 Å². The van der Waals surface area contributed by atoms with Crippen LogP contribution in [0.5, 0.6) is 0 Å². The zero-order valence-electron chi connectivity index (χ0n) is 20.2. The number of aromatic nitrogens is 6. The third-order valence-electron chi connectivity index (χ3n) is 5.90. The maximum absolute atomic E-state index is 12.3. The van der Waals surface area contributed by atoms with Crippen molar-refractivity contribution in [1.29, 1.82) is 0 Å². The molecule has 0 radical (unpaired) electrons. The SMILES string of the molecule is O=C(/C=C/c1ccccn1)Nc1nnc([C@@H]2CCC[C@@H](c3nnc(NC(=O)/C=C/c4ccccn4)s3)C2)s1. The van der Waals surface area contributed by atoms with Gasteiger partial charge in [0, 0.05) is 36.4 Å². The summed E-state index contributed by atoms with van der Waals surface area (Å²) in [4.78, 5) is 32.9. The number of hydrogen-bond donors (Lipinski definition) is 2. The maximum atomic E-state index is 12.3. The van der Waals surface area contributed by atoms with Gasteiger partial charge in [-0.15, -0.1) is 20.4 Å². The number of carbonyl (C=O) groups is 2. The van der Waals surface area contributed by atoms with Gasteiger partial charge < -0.3 is 0 Å². The number of pyridine rings is 2. The molecule has 12 heteroatoms. The normalized spacial score (nSPS) is 17.6. The summed E-state index contributed by atoms with van der Waals surface area (Å²) in [6.45, 7) is 0. The van der Waals surface area contributed by atoms with Crippen LogP contribution < -0.4 is 10.6 Å². The lowest BCUT2D eigenvalue weighted by Gasteiger charge is -2.25. The Bertz CT molecular complexity index is 1330. The van der Waals surface area contributed by atoms with Gasteiger partial charge in [0.15, 0.2) is 0 Å². The van der Waals surface area contributed by atoms with E-state index in [1.54, 1.807) is 24.5 Å². The molecule has 2 amide bonds. The second-order valence-corrected chi connectivity index (χ2v) is 10.6. The Hall–Kier alpha value is -4.16. The molecule has 192 valence electrons. The standard InChI is InChI=1S/C26H24N8O2S2/c35-21(12-10-19-8-1-3-14-27-19)29-25-33-31-23(37-25)17-6-5-7-18(16-17)24-32-34-26(38-24)30-22(36)13-11-20-9-2-4-15-28-20/h1-4,8-15,17-18H,5-7,16H2,(H,29,33,35)(H,30,34,36)/b12-10+,13-11+/t17-,18-/m1/s1. The van der Waals surface area contributed by atoms with E-state index in [0.717, 1.165) is 35.7 Å². The van der Waals surface area contributed by atoms with Gasteiger partial charge >= 0.3 is 0 Å². The molecule has 2 atom stereocenters. The first-order valence-corrected chi connectivity index (χ1v) is 13.7. The van der Waals surface area contributed by atoms with Gasteiger partial charge in [-0.05, 0) is 55.7 Å². The lowest BCUT2D eigenvalue weighted by molar-refractivity contribution is -0.112. The van der Waals surface area contributed by atoms with Crippen LogP contribution in [0.1, 0.15) is 58.9 Å². The van der Waals surface area contributed by atoms with Crippen LogP contribution in [0.4, 0.5) is 10.3 Å². The summed E-state index contributed by atoms with van der Waals surface area (Å²) in [6.07, 6.45) is 13.4. The second kappa shape index (κ2) is 12.4. The van der Waals surface area contributed by atoms with E-state index in [1.165, 1.54) is 34.8 Å². The first-order chi connectivity index (χ1) is 18.6. The predicted octanol–water partition coefficient (Wildman–Crippen LogP) is 4.92. The minimum absolute atomic E-state index is 0.226. The summed E-state index contributed by atoms with van der Waals surface area (Å²) in [5.74, 6) is -0.107. The van der Waals surface area contributed by atoms with Gasteiger partial charge in [-0.2, -0.15) is 0 Å². The molecule has 5 rings (SSSR count). The molecule has 4 heterocycles. The first kappa shape index (κ1) is 25.5. The molecular formula is C26H24N8O2S2. The molecule has 0 unspecified atom stereocenters. The van der Waals surface area contributed by atoms with E-state index in [-0.39, 0.29) is 23.7 Å². The number of carbonyl (C=O) groups excluding carboxylic acids is 2. The Morgan fingerprint density at radius 2 is 1.24 bits per heavy atom. The summed E-state index contributed by atoms with van der Waals surface area (Å²) in [6, 6.07) is 11.0. The monoisotopic (exact) mass is 544 g/mol. The Labute approximate surface area is 227 Å². The molecule has 0 bridgehead atoms. The highest BCUT2D eigenvalue weighted by Gasteiger charge is 2.29. The highest BCUT2D eigenvalue weighted by Crippen LogP contribution is 2.43. The Morgan fingerprint density at radius 3 is 1.68 bits per heavy atom. The summed E-state index contributed by atoms with van der Waals surface area (Å²) in [5, 5.41) is 25.3. The molecular weight excluding hydrogens is 520 g/mol. The van der Waals surface area contributed by atoms with Gasteiger partial charge in [0.2, 0.25) is 22.1 Å². The van der Waals surface area contributed by atoms with Crippen LogP contribution in [-0.2, 0) is 9.59 Å². The molecule has 1 aliphatic carbocycles. The number of anilines is 2. The van der Waals surface area contributed by atoms with Crippen molar-refractivity contribution in [3.63, 3.8) is 0 Å².